The van der Waals surface area contributed by atoms with Crippen molar-refractivity contribution in [3.05, 3.63) is 34.5 Å². The molecule has 1 heterocycles. The molecule has 0 spiro atoms. The van der Waals surface area contributed by atoms with Crippen LogP contribution >= 0.6 is 0 Å². The van der Waals surface area contributed by atoms with Crippen LogP contribution in [0.4, 0.5) is 11.4 Å². The van der Waals surface area contributed by atoms with Crippen molar-refractivity contribution in [1.29, 1.82) is 0 Å². The molecular weight excluding hydrogens is 278 g/mol. The van der Waals surface area contributed by atoms with Crippen molar-refractivity contribution in [2.75, 3.05) is 11.6 Å². The minimum Gasteiger partial charge on any atom is -0.381 e. The van der Waals surface area contributed by atoms with Crippen molar-refractivity contribution in [1.82, 2.24) is 4.98 Å². The van der Waals surface area contributed by atoms with Gasteiger partial charge < -0.3 is 5.32 Å². The number of nitro groups is 1. The first-order valence-corrected chi connectivity index (χ1v) is 7.63. The minimum absolute atomic E-state index is 0.00913. The molecule has 6 nitrogen and oxygen atoms in total. The van der Waals surface area contributed by atoms with Gasteiger partial charge in [0.25, 0.3) is 5.69 Å². The van der Waals surface area contributed by atoms with Crippen LogP contribution in [0.1, 0.15) is 13.8 Å². The second-order valence-corrected chi connectivity index (χ2v) is 6.06. The molecule has 1 atom stereocenters. The van der Waals surface area contributed by atoms with Gasteiger partial charge in [-0.05, 0) is 19.9 Å². The number of nitrogens with zero attached hydrogens (tertiary/aromatic N) is 2. The van der Waals surface area contributed by atoms with Crippen molar-refractivity contribution >= 4 is 33.1 Å². The van der Waals surface area contributed by atoms with Gasteiger partial charge in [-0.15, -0.1) is 0 Å². The van der Waals surface area contributed by atoms with E-state index >= 15 is 0 Å². The van der Waals surface area contributed by atoms with Gasteiger partial charge >= 0.3 is 0 Å². The van der Waals surface area contributed by atoms with Crippen LogP contribution in [0.25, 0.3) is 10.9 Å². The average Bonchev–Trinajstić information content (AvgIpc) is 2.37. The van der Waals surface area contributed by atoms with Gasteiger partial charge in [-0.2, -0.15) is 0 Å². The number of fused-ring (bicyclic) bond motifs is 1. The lowest BCUT2D eigenvalue weighted by Crippen LogP contribution is -2.12. The van der Waals surface area contributed by atoms with Gasteiger partial charge in [-0.1, -0.05) is 0 Å². The van der Waals surface area contributed by atoms with Crippen molar-refractivity contribution in [3.8, 4) is 0 Å². The number of hydrogen-bond donors (Lipinski definition) is 1. The Bertz CT molecular complexity index is 695. The van der Waals surface area contributed by atoms with Crippen LogP contribution in [0, 0.1) is 10.1 Å². The summed E-state index contributed by atoms with van der Waals surface area (Å²) in [5.74, 6) is 0. The topological polar surface area (TPSA) is 85.1 Å². The third-order valence-electron chi connectivity index (χ3n) is 2.77. The van der Waals surface area contributed by atoms with Crippen LogP contribution in [0.3, 0.4) is 0 Å². The zero-order valence-corrected chi connectivity index (χ0v) is 12.2. The van der Waals surface area contributed by atoms with Crippen LogP contribution in [0.2, 0.25) is 0 Å². The van der Waals surface area contributed by atoms with Crippen LogP contribution in [0.15, 0.2) is 29.3 Å². The van der Waals surface area contributed by atoms with E-state index in [0.717, 1.165) is 0 Å². The van der Waals surface area contributed by atoms with Crippen LogP contribution in [-0.2, 0) is 10.8 Å². The highest BCUT2D eigenvalue weighted by atomic mass is 32.2. The number of anilines is 1. The lowest BCUT2D eigenvalue weighted by atomic mass is 10.1. The molecule has 1 N–H and O–H groups in total. The Morgan fingerprint density at radius 3 is 2.65 bits per heavy atom. The molecule has 0 saturated heterocycles. The molecule has 0 aliphatic rings. The summed E-state index contributed by atoms with van der Waals surface area (Å²) < 4.78 is 11.8. The number of nitro benzene ring substituents is 1. The zero-order valence-electron chi connectivity index (χ0n) is 11.4. The predicted octanol–water partition coefficient (Wildman–Crippen LogP) is 2.70. The SMILES string of the molecule is CC(C)Nc1c(S(C)=O)cnc2ccc([N+](=O)[O-])cc12. The molecule has 0 radical (unpaired) electrons. The lowest BCUT2D eigenvalue weighted by Gasteiger charge is -2.15. The molecule has 0 saturated carbocycles. The zero-order chi connectivity index (χ0) is 14.9. The third-order valence-corrected chi connectivity index (χ3v) is 3.70. The number of non-ortho nitro benzene ring substituents is 1. The second-order valence-electron chi connectivity index (χ2n) is 4.71. The van der Waals surface area contributed by atoms with Crippen molar-refractivity contribution in [2.24, 2.45) is 0 Å². The maximum atomic E-state index is 11.8. The molecule has 20 heavy (non-hydrogen) atoms. The van der Waals surface area contributed by atoms with Gasteiger partial charge in [0.1, 0.15) is 0 Å². The molecule has 1 aromatic carbocycles. The van der Waals surface area contributed by atoms with Gasteiger partial charge in [0, 0.05) is 36.0 Å². The summed E-state index contributed by atoms with van der Waals surface area (Å²) in [7, 11) is -1.23. The fraction of sp³-hybridized carbons (Fsp3) is 0.308. The summed E-state index contributed by atoms with van der Waals surface area (Å²) in [5.41, 5.74) is 1.27. The summed E-state index contributed by atoms with van der Waals surface area (Å²) in [6, 6.07) is 4.59. The van der Waals surface area contributed by atoms with E-state index in [4.69, 9.17) is 0 Å². The van der Waals surface area contributed by atoms with E-state index in [2.05, 4.69) is 10.3 Å². The van der Waals surface area contributed by atoms with Gasteiger partial charge in [0.15, 0.2) is 0 Å². The van der Waals surface area contributed by atoms with E-state index < -0.39 is 15.7 Å². The molecule has 2 rings (SSSR count). The molecule has 0 aliphatic heterocycles. The molecular formula is C13H15N3O3S. The molecule has 7 heteroatoms. The van der Waals surface area contributed by atoms with E-state index in [0.29, 0.717) is 21.5 Å². The molecule has 0 aliphatic carbocycles. The number of aromatic nitrogens is 1. The summed E-state index contributed by atoms with van der Waals surface area (Å²) in [6.45, 7) is 3.90. The minimum atomic E-state index is -1.23. The van der Waals surface area contributed by atoms with Gasteiger partial charge in [0.2, 0.25) is 0 Å². The Kier molecular flexibility index (Phi) is 3.99. The first-order chi connectivity index (χ1) is 9.40. The average molecular weight is 293 g/mol. The largest absolute Gasteiger partial charge is 0.381 e. The Morgan fingerprint density at radius 2 is 2.10 bits per heavy atom. The van der Waals surface area contributed by atoms with E-state index in [1.54, 1.807) is 18.5 Å². The van der Waals surface area contributed by atoms with E-state index in [1.807, 2.05) is 13.8 Å². The Balaban J connectivity index is 2.76. The molecule has 1 unspecified atom stereocenters. The number of benzene rings is 1. The highest BCUT2D eigenvalue weighted by Gasteiger charge is 2.15. The van der Waals surface area contributed by atoms with Gasteiger partial charge in [-0.3, -0.25) is 19.3 Å². The second kappa shape index (κ2) is 5.54. The Hall–Kier alpha value is -2.02. The third kappa shape index (κ3) is 2.77. The standard InChI is InChI=1S/C13H15N3O3S/c1-8(2)15-13-10-6-9(16(17)18)4-5-11(10)14-7-12(13)20(3)19/h4-8H,1-3H3,(H,14,15). The predicted molar refractivity (Wildman–Crippen MR) is 79.5 cm³/mol. The van der Waals surface area contributed by atoms with Crippen LogP contribution in [-0.4, -0.2) is 26.4 Å². The van der Waals surface area contributed by atoms with Crippen molar-refractivity contribution < 1.29 is 9.13 Å². The molecule has 0 fully saturated rings. The van der Waals surface area contributed by atoms with Gasteiger partial charge in [-0.25, -0.2) is 0 Å². The highest BCUT2D eigenvalue weighted by molar-refractivity contribution is 7.84. The van der Waals surface area contributed by atoms with E-state index in [-0.39, 0.29) is 11.7 Å². The quantitative estimate of drug-likeness (QED) is 0.692. The summed E-state index contributed by atoms with van der Waals surface area (Å²) in [4.78, 5) is 15.2. The summed E-state index contributed by atoms with van der Waals surface area (Å²) in [6.07, 6.45) is 3.11. The highest BCUT2D eigenvalue weighted by Crippen LogP contribution is 2.31. The van der Waals surface area contributed by atoms with Gasteiger partial charge in [0.05, 0.1) is 31.8 Å². The Labute approximate surface area is 118 Å². The first kappa shape index (κ1) is 14.4. The fourth-order valence-corrected chi connectivity index (χ4v) is 2.59. The van der Waals surface area contributed by atoms with Crippen molar-refractivity contribution in [3.63, 3.8) is 0 Å². The number of hydrogen-bond acceptors (Lipinski definition) is 5. The monoisotopic (exact) mass is 293 g/mol. The van der Waals surface area contributed by atoms with Crippen LogP contribution in [0.5, 0.6) is 0 Å². The van der Waals surface area contributed by atoms with E-state index in [9.17, 15) is 14.3 Å². The first-order valence-electron chi connectivity index (χ1n) is 6.07. The molecule has 2 aromatic rings. The number of nitrogens with one attached hydrogen (secondary N) is 1. The number of pyridine rings is 1. The Morgan fingerprint density at radius 1 is 1.40 bits per heavy atom. The molecule has 106 valence electrons. The normalized spacial score (nSPS) is 12.6. The number of rotatable bonds is 4. The summed E-state index contributed by atoms with van der Waals surface area (Å²) in [5, 5.41) is 14.7. The van der Waals surface area contributed by atoms with E-state index in [1.165, 1.54) is 12.1 Å². The van der Waals surface area contributed by atoms with Crippen LogP contribution < -0.4 is 5.32 Å². The lowest BCUT2D eigenvalue weighted by molar-refractivity contribution is -0.384. The molecule has 0 bridgehead atoms. The maximum absolute atomic E-state index is 11.8. The fourth-order valence-electron chi connectivity index (χ4n) is 1.93. The summed E-state index contributed by atoms with van der Waals surface area (Å²) >= 11 is 0. The maximum Gasteiger partial charge on any atom is 0.270 e. The molecule has 0 amide bonds. The molecule has 1 aromatic heterocycles. The van der Waals surface area contributed by atoms with Crippen molar-refractivity contribution in [2.45, 2.75) is 24.8 Å². The smallest absolute Gasteiger partial charge is 0.270 e.